The Kier molecular flexibility index (Phi) is 2.84. The van der Waals surface area contributed by atoms with Gasteiger partial charge in [0, 0.05) is 12.6 Å². The van der Waals surface area contributed by atoms with E-state index in [-0.39, 0.29) is 0 Å². The molecule has 5 N–H and O–H groups in total. The van der Waals surface area contributed by atoms with Crippen LogP contribution in [0.25, 0.3) is 0 Å². The Labute approximate surface area is 66.3 Å². The summed E-state index contributed by atoms with van der Waals surface area (Å²) in [6.07, 6.45) is 3.68. The first-order chi connectivity index (χ1) is 5.20. The second-order valence-corrected chi connectivity index (χ2v) is 3.04. The van der Waals surface area contributed by atoms with Crippen molar-refractivity contribution in [3.8, 4) is 0 Å². The molecule has 1 aliphatic carbocycles. The van der Waals surface area contributed by atoms with Gasteiger partial charge < -0.3 is 16.8 Å². The zero-order chi connectivity index (χ0) is 8.27. The van der Waals surface area contributed by atoms with Crippen molar-refractivity contribution in [1.82, 2.24) is 5.32 Å². The Hall–Kier alpha value is -0.610. The number of carbonyl (C=O) groups excluding carboxylic acids is 1. The van der Waals surface area contributed by atoms with Gasteiger partial charge in [-0.3, -0.25) is 4.79 Å². The largest absolute Gasteiger partial charge is 0.368 e. The average molecular weight is 157 g/mol. The molecule has 64 valence electrons. The van der Waals surface area contributed by atoms with Crippen LogP contribution in [0.2, 0.25) is 0 Å². The van der Waals surface area contributed by atoms with E-state index >= 15 is 0 Å². The lowest BCUT2D eigenvalue weighted by Gasteiger charge is -2.27. The molecule has 0 aliphatic heterocycles. The predicted molar refractivity (Wildman–Crippen MR) is 42.8 cm³/mol. The second kappa shape index (κ2) is 3.69. The fraction of sp³-hybridized carbons (Fsp3) is 0.857. The normalized spacial score (nSPS) is 20.8. The van der Waals surface area contributed by atoms with Crippen LogP contribution in [0.1, 0.15) is 19.3 Å². The van der Waals surface area contributed by atoms with Crippen molar-refractivity contribution in [2.45, 2.75) is 31.3 Å². The Balaban J connectivity index is 2.05. The number of carbonyl (C=O) groups is 1. The van der Waals surface area contributed by atoms with Crippen LogP contribution < -0.4 is 16.8 Å². The summed E-state index contributed by atoms with van der Waals surface area (Å²) in [5, 5.41) is 3.17. The highest BCUT2D eigenvalue weighted by Crippen LogP contribution is 2.17. The molecule has 0 aromatic heterocycles. The van der Waals surface area contributed by atoms with E-state index in [9.17, 15) is 4.79 Å². The van der Waals surface area contributed by atoms with Gasteiger partial charge in [0.2, 0.25) is 5.91 Å². The van der Waals surface area contributed by atoms with Crippen molar-refractivity contribution in [2.24, 2.45) is 11.5 Å². The number of rotatable bonds is 4. The van der Waals surface area contributed by atoms with E-state index in [1.54, 1.807) is 0 Å². The molecule has 0 bridgehead atoms. The van der Waals surface area contributed by atoms with Crippen LogP contribution in [-0.2, 0) is 4.79 Å². The molecule has 1 rings (SSSR count). The van der Waals surface area contributed by atoms with Gasteiger partial charge in [-0.15, -0.1) is 0 Å². The molecule has 0 heterocycles. The topological polar surface area (TPSA) is 81.1 Å². The van der Waals surface area contributed by atoms with Crippen molar-refractivity contribution in [1.29, 1.82) is 0 Å². The van der Waals surface area contributed by atoms with E-state index in [0.717, 1.165) is 0 Å². The van der Waals surface area contributed by atoms with E-state index in [0.29, 0.717) is 12.6 Å². The minimum atomic E-state index is -0.532. The number of primary amides is 1. The maximum absolute atomic E-state index is 10.5. The molecule has 1 saturated carbocycles. The average Bonchev–Trinajstić information content (AvgIpc) is 1.83. The van der Waals surface area contributed by atoms with Crippen LogP contribution >= 0.6 is 0 Å². The third-order valence-electron chi connectivity index (χ3n) is 2.10. The van der Waals surface area contributed by atoms with Crippen LogP contribution in [0.3, 0.4) is 0 Å². The maximum Gasteiger partial charge on any atom is 0.235 e. The van der Waals surface area contributed by atoms with Crippen LogP contribution in [0.15, 0.2) is 0 Å². The van der Waals surface area contributed by atoms with E-state index in [2.05, 4.69) is 5.32 Å². The highest BCUT2D eigenvalue weighted by atomic mass is 16.1. The number of hydrogen-bond donors (Lipinski definition) is 3. The quantitative estimate of drug-likeness (QED) is 0.486. The number of nitrogens with two attached hydrogens (primary N) is 2. The van der Waals surface area contributed by atoms with Gasteiger partial charge in [0.1, 0.15) is 0 Å². The molecular weight excluding hydrogens is 142 g/mol. The molecule has 1 unspecified atom stereocenters. The van der Waals surface area contributed by atoms with Gasteiger partial charge in [-0.1, -0.05) is 6.42 Å². The van der Waals surface area contributed by atoms with Gasteiger partial charge in [-0.05, 0) is 12.8 Å². The molecule has 0 radical (unpaired) electrons. The molecule has 1 fully saturated rings. The van der Waals surface area contributed by atoms with Crippen LogP contribution in [0.5, 0.6) is 0 Å². The first-order valence-electron chi connectivity index (χ1n) is 3.98. The van der Waals surface area contributed by atoms with Crippen LogP contribution in [0, 0.1) is 0 Å². The van der Waals surface area contributed by atoms with Crippen LogP contribution in [0.4, 0.5) is 0 Å². The molecule has 1 amide bonds. The predicted octanol–water partition coefficient (Wildman–Crippen LogP) is -1.06. The summed E-state index contributed by atoms with van der Waals surface area (Å²) < 4.78 is 0. The first-order valence-corrected chi connectivity index (χ1v) is 3.98. The summed E-state index contributed by atoms with van der Waals surface area (Å²) in [6.45, 7) is 0.514. The van der Waals surface area contributed by atoms with Crippen molar-refractivity contribution >= 4 is 5.91 Å². The lowest BCUT2D eigenvalue weighted by molar-refractivity contribution is -0.119. The Morgan fingerprint density at radius 2 is 2.27 bits per heavy atom. The van der Waals surface area contributed by atoms with Gasteiger partial charge >= 0.3 is 0 Å². The number of amides is 1. The summed E-state index contributed by atoms with van der Waals surface area (Å²) in [5.74, 6) is -0.433. The van der Waals surface area contributed by atoms with Crippen molar-refractivity contribution < 1.29 is 4.79 Å². The monoisotopic (exact) mass is 157 g/mol. The standard InChI is InChI=1S/C7H15N3O/c8-6(7(9)11)4-10-5-2-1-3-5/h5-6,10H,1-4,8H2,(H2,9,11). The van der Waals surface area contributed by atoms with Crippen molar-refractivity contribution in [3.63, 3.8) is 0 Å². The molecule has 0 aromatic carbocycles. The smallest absolute Gasteiger partial charge is 0.235 e. The second-order valence-electron chi connectivity index (χ2n) is 3.04. The van der Waals surface area contributed by atoms with E-state index < -0.39 is 11.9 Å². The summed E-state index contributed by atoms with van der Waals surface area (Å²) >= 11 is 0. The lowest BCUT2D eigenvalue weighted by Crippen LogP contribution is -2.48. The van der Waals surface area contributed by atoms with E-state index in [1.165, 1.54) is 19.3 Å². The summed E-state index contributed by atoms with van der Waals surface area (Å²) in [4.78, 5) is 10.5. The molecule has 0 spiro atoms. The fourth-order valence-electron chi connectivity index (χ4n) is 1.01. The molecular formula is C7H15N3O. The zero-order valence-corrected chi connectivity index (χ0v) is 6.55. The van der Waals surface area contributed by atoms with E-state index in [1.807, 2.05) is 0 Å². The minimum absolute atomic E-state index is 0.433. The summed E-state index contributed by atoms with van der Waals surface area (Å²) in [6, 6.07) is 0.0380. The Morgan fingerprint density at radius 3 is 2.64 bits per heavy atom. The SMILES string of the molecule is NC(=O)C(N)CNC1CCC1. The van der Waals surface area contributed by atoms with Gasteiger partial charge in [0.25, 0.3) is 0 Å². The highest BCUT2D eigenvalue weighted by Gasteiger charge is 2.18. The fourth-order valence-corrected chi connectivity index (χ4v) is 1.01. The van der Waals surface area contributed by atoms with Crippen LogP contribution in [-0.4, -0.2) is 24.5 Å². The van der Waals surface area contributed by atoms with Gasteiger partial charge in [-0.2, -0.15) is 0 Å². The summed E-state index contributed by atoms with van der Waals surface area (Å²) in [5.41, 5.74) is 10.4. The first kappa shape index (κ1) is 8.49. The minimum Gasteiger partial charge on any atom is -0.368 e. The third-order valence-corrected chi connectivity index (χ3v) is 2.10. The molecule has 1 aliphatic rings. The number of nitrogens with one attached hydrogen (secondary N) is 1. The number of hydrogen-bond acceptors (Lipinski definition) is 3. The Bertz CT molecular complexity index is 145. The third kappa shape index (κ3) is 2.48. The van der Waals surface area contributed by atoms with Gasteiger partial charge in [0.15, 0.2) is 0 Å². The highest BCUT2D eigenvalue weighted by molar-refractivity contribution is 5.79. The van der Waals surface area contributed by atoms with Gasteiger partial charge in [-0.25, -0.2) is 0 Å². The van der Waals surface area contributed by atoms with Crippen molar-refractivity contribution in [2.75, 3.05) is 6.54 Å². The van der Waals surface area contributed by atoms with Gasteiger partial charge in [0.05, 0.1) is 6.04 Å². The molecule has 0 aromatic rings. The molecule has 1 atom stereocenters. The maximum atomic E-state index is 10.5. The molecule has 4 nitrogen and oxygen atoms in total. The molecule has 0 saturated heterocycles. The Morgan fingerprint density at radius 1 is 1.64 bits per heavy atom. The van der Waals surface area contributed by atoms with E-state index in [4.69, 9.17) is 11.5 Å². The summed E-state index contributed by atoms with van der Waals surface area (Å²) in [7, 11) is 0. The lowest BCUT2D eigenvalue weighted by atomic mass is 9.93. The van der Waals surface area contributed by atoms with Crippen molar-refractivity contribution in [3.05, 3.63) is 0 Å². The molecule has 4 heteroatoms. The zero-order valence-electron chi connectivity index (χ0n) is 6.55. The molecule has 11 heavy (non-hydrogen) atoms.